The van der Waals surface area contributed by atoms with Crippen molar-refractivity contribution in [2.45, 2.75) is 32.1 Å². The van der Waals surface area contributed by atoms with Crippen LogP contribution in [-0.2, 0) is 0 Å². The molecule has 1 nitrogen and oxygen atoms in total. The summed E-state index contributed by atoms with van der Waals surface area (Å²) in [6.45, 7) is 2.66. The van der Waals surface area contributed by atoms with E-state index in [9.17, 15) is 0 Å². The second-order valence-corrected chi connectivity index (χ2v) is 4.72. The van der Waals surface area contributed by atoms with Crippen LogP contribution in [0.5, 0.6) is 0 Å². The molecule has 62 valence electrons. The summed E-state index contributed by atoms with van der Waals surface area (Å²) in [5.41, 5.74) is 0.866. The van der Waals surface area contributed by atoms with E-state index in [1.807, 2.05) is 0 Å². The predicted octanol–water partition coefficient (Wildman–Crippen LogP) is 1.79. The van der Waals surface area contributed by atoms with Crippen LogP contribution in [0.15, 0.2) is 0 Å². The molecule has 3 fully saturated rings. The minimum Gasteiger partial charge on any atom is -0.316 e. The van der Waals surface area contributed by atoms with E-state index < -0.39 is 0 Å². The summed E-state index contributed by atoms with van der Waals surface area (Å²) in [7, 11) is 0. The van der Waals surface area contributed by atoms with Gasteiger partial charge in [-0.05, 0) is 56.0 Å². The smallest absolute Gasteiger partial charge is 0.00150 e. The lowest BCUT2D eigenvalue weighted by Crippen LogP contribution is -2.50. The van der Waals surface area contributed by atoms with Crippen LogP contribution in [0.25, 0.3) is 0 Å². The summed E-state index contributed by atoms with van der Waals surface area (Å²) in [6, 6.07) is 0. The lowest BCUT2D eigenvalue weighted by atomic mass is 9.57. The van der Waals surface area contributed by atoms with Crippen molar-refractivity contribution >= 4 is 0 Å². The first-order chi connectivity index (χ1) is 5.42. The molecule has 1 saturated heterocycles. The van der Waals surface area contributed by atoms with Gasteiger partial charge in [0.2, 0.25) is 0 Å². The summed E-state index contributed by atoms with van der Waals surface area (Å²) in [5.74, 6) is 2.13. The normalized spacial score (nSPS) is 45.8. The largest absolute Gasteiger partial charge is 0.316 e. The van der Waals surface area contributed by atoms with Crippen LogP contribution in [0.3, 0.4) is 0 Å². The van der Waals surface area contributed by atoms with Crippen molar-refractivity contribution in [2.24, 2.45) is 17.3 Å². The monoisotopic (exact) mass is 151 g/mol. The molecule has 1 aliphatic heterocycles. The highest BCUT2D eigenvalue weighted by Crippen LogP contribution is 2.60. The number of hydrogen-bond donors (Lipinski definition) is 1. The molecule has 0 aromatic rings. The molecule has 0 radical (unpaired) electrons. The van der Waals surface area contributed by atoms with E-state index in [4.69, 9.17) is 0 Å². The molecule has 3 aliphatic rings. The minimum atomic E-state index is 0.866. The summed E-state index contributed by atoms with van der Waals surface area (Å²) in [6.07, 6.45) is 7.69. The third kappa shape index (κ3) is 0.658. The van der Waals surface area contributed by atoms with Crippen LogP contribution in [0, 0.1) is 17.3 Å². The van der Waals surface area contributed by atoms with Gasteiger partial charge in [-0.25, -0.2) is 0 Å². The maximum Gasteiger partial charge on any atom is -0.00150 e. The molecule has 2 atom stereocenters. The SMILES string of the molecule is C1CC2(C1)[C@@H]1CC[C@H]2CNC1. The Balaban J connectivity index is 1.92. The van der Waals surface area contributed by atoms with Gasteiger partial charge in [0, 0.05) is 0 Å². The van der Waals surface area contributed by atoms with Crippen LogP contribution < -0.4 is 5.32 Å². The van der Waals surface area contributed by atoms with Crippen LogP contribution in [-0.4, -0.2) is 13.1 Å². The molecule has 3 rings (SSSR count). The lowest BCUT2D eigenvalue weighted by Gasteiger charge is -2.51. The zero-order valence-electron chi connectivity index (χ0n) is 7.10. The van der Waals surface area contributed by atoms with Gasteiger partial charge in [-0.2, -0.15) is 0 Å². The van der Waals surface area contributed by atoms with E-state index in [2.05, 4.69) is 5.32 Å². The van der Waals surface area contributed by atoms with Gasteiger partial charge in [0.05, 0.1) is 0 Å². The maximum absolute atomic E-state index is 3.57. The summed E-state index contributed by atoms with van der Waals surface area (Å²) in [4.78, 5) is 0. The van der Waals surface area contributed by atoms with E-state index in [-0.39, 0.29) is 0 Å². The van der Waals surface area contributed by atoms with Gasteiger partial charge >= 0.3 is 0 Å². The fraction of sp³-hybridized carbons (Fsp3) is 1.00. The average Bonchev–Trinajstić information content (AvgIpc) is 2.12. The van der Waals surface area contributed by atoms with Gasteiger partial charge in [-0.3, -0.25) is 0 Å². The fourth-order valence-electron chi connectivity index (χ4n) is 3.75. The van der Waals surface area contributed by atoms with Gasteiger partial charge in [0.1, 0.15) is 0 Å². The van der Waals surface area contributed by atoms with E-state index in [0.717, 1.165) is 17.3 Å². The molecule has 2 saturated carbocycles. The first kappa shape index (κ1) is 6.47. The first-order valence-electron chi connectivity index (χ1n) is 5.12. The van der Waals surface area contributed by atoms with Gasteiger partial charge in [0.15, 0.2) is 0 Å². The molecule has 0 aromatic carbocycles. The lowest BCUT2D eigenvalue weighted by molar-refractivity contribution is 0.00495. The number of rotatable bonds is 0. The molecule has 1 heteroatoms. The molecule has 0 unspecified atom stereocenters. The van der Waals surface area contributed by atoms with Crippen molar-refractivity contribution in [2.75, 3.05) is 13.1 Å². The van der Waals surface area contributed by atoms with Crippen molar-refractivity contribution in [1.82, 2.24) is 5.32 Å². The van der Waals surface area contributed by atoms with Crippen molar-refractivity contribution in [1.29, 1.82) is 0 Å². The molecule has 0 amide bonds. The van der Waals surface area contributed by atoms with E-state index in [1.54, 1.807) is 12.8 Å². The topological polar surface area (TPSA) is 12.0 Å². The summed E-state index contributed by atoms with van der Waals surface area (Å²) >= 11 is 0. The van der Waals surface area contributed by atoms with Gasteiger partial charge in [0.25, 0.3) is 0 Å². The van der Waals surface area contributed by atoms with Crippen LogP contribution >= 0.6 is 0 Å². The average molecular weight is 151 g/mol. The Morgan fingerprint density at radius 2 is 1.64 bits per heavy atom. The molecule has 11 heavy (non-hydrogen) atoms. The van der Waals surface area contributed by atoms with Gasteiger partial charge in [-0.15, -0.1) is 0 Å². The van der Waals surface area contributed by atoms with Crippen molar-refractivity contribution in [3.05, 3.63) is 0 Å². The fourth-order valence-corrected chi connectivity index (χ4v) is 3.75. The van der Waals surface area contributed by atoms with Gasteiger partial charge in [-0.1, -0.05) is 6.42 Å². The zero-order valence-corrected chi connectivity index (χ0v) is 7.10. The highest BCUT2D eigenvalue weighted by atomic mass is 14.9. The Kier molecular flexibility index (Phi) is 1.18. The summed E-state index contributed by atoms with van der Waals surface area (Å²) < 4.78 is 0. The third-order valence-electron chi connectivity index (χ3n) is 4.56. The van der Waals surface area contributed by atoms with Crippen molar-refractivity contribution < 1.29 is 0 Å². The second kappa shape index (κ2) is 2.01. The highest BCUT2D eigenvalue weighted by molar-refractivity contribution is 5.06. The zero-order chi connectivity index (χ0) is 7.31. The predicted molar refractivity (Wildman–Crippen MR) is 45.4 cm³/mol. The molecule has 1 spiro atoms. The van der Waals surface area contributed by atoms with E-state index >= 15 is 0 Å². The molecule has 2 aliphatic carbocycles. The molecule has 1 heterocycles. The molecule has 2 bridgehead atoms. The van der Waals surface area contributed by atoms with Crippen LogP contribution in [0.1, 0.15) is 32.1 Å². The molecule has 1 N–H and O–H groups in total. The van der Waals surface area contributed by atoms with Crippen LogP contribution in [0.4, 0.5) is 0 Å². The molecular weight excluding hydrogens is 134 g/mol. The maximum atomic E-state index is 3.57. The first-order valence-corrected chi connectivity index (χ1v) is 5.12. The summed E-state index contributed by atoms with van der Waals surface area (Å²) in [5, 5.41) is 3.57. The molecule has 0 aromatic heterocycles. The second-order valence-electron chi connectivity index (χ2n) is 4.72. The third-order valence-corrected chi connectivity index (χ3v) is 4.56. The minimum absolute atomic E-state index is 0.866. The Labute approximate surface area is 68.6 Å². The van der Waals surface area contributed by atoms with Gasteiger partial charge < -0.3 is 5.32 Å². The Morgan fingerprint density at radius 3 is 2.00 bits per heavy atom. The number of piperidine rings is 1. The number of nitrogens with one attached hydrogen (secondary N) is 1. The standard InChI is InChI=1S/C10H17N/c1-4-10(5-1)8-2-3-9(10)7-11-6-8/h8-9,11H,1-7H2/t8-,9+. The Morgan fingerprint density at radius 1 is 1.00 bits per heavy atom. The van der Waals surface area contributed by atoms with Crippen molar-refractivity contribution in [3.8, 4) is 0 Å². The molecular formula is C10H17N. The van der Waals surface area contributed by atoms with Crippen molar-refractivity contribution in [3.63, 3.8) is 0 Å². The number of hydrogen-bond acceptors (Lipinski definition) is 1. The van der Waals surface area contributed by atoms with E-state index in [0.29, 0.717) is 0 Å². The van der Waals surface area contributed by atoms with Crippen LogP contribution in [0.2, 0.25) is 0 Å². The van der Waals surface area contributed by atoms with E-state index in [1.165, 1.54) is 32.4 Å². The quantitative estimate of drug-likeness (QED) is 0.556. The Bertz CT molecular complexity index is 154. The highest BCUT2D eigenvalue weighted by Gasteiger charge is 2.54. The Hall–Kier alpha value is -0.0400.